The van der Waals surface area contributed by atoms with E-state index >= 15 is 0 Å². The first-order valence-corrected chi connectivity index (χ1v) is 11.5. The van der Waals surface area contributed by atoms with Gasteiger partial charge < -0.3 is 10.2 Å². The van der Waals surface area contributed by atoms with Crippen molar-refractivity contribution < 1.29 is 13.2 Å². The van der Waals surface area contributed by atoms with Crippen LogP contribution in [0.3, 0.4) is 0 Å². The monoisotopic (exact) mass is 570 g/mol. The van der Waals surface area contributed by atoms with Crippen LogP contribution in [0.4, 0.5) is 13.2 Å². The molecule has 1 N–H and O–H groups in total. The maximum absolute atomic E-state index is 12.7. The molecule has 10 heteroatoms. The van der Waals surface area contributed by atoms with Crippen LogP contribution in [0.15, 0.2) is 45.6 Å². The molecular formula is C20H26F3IN4S2. The Balaban J connectivity index is 0.00000320. The number of nitrogens with one attached hydrogen (secondary N) is 1. The summed E-state index contributed by atoms with van der Waals surface area (Å²) in [5.41, 5.74) is -0.813. The molecule has 0 saturated carbocycles. The molecule has 1 aliphatic heterocycles. The molecule has 1 aromatic carbocycles. The lowest BCUT2D eigenvalue weighted by atomic mass is 10.2. The standard InChI is InChI=1S/C20H25F3N4S2.HI/c1-2-24-19(25-10-8-18-26-17(14-29-18)20(21,22)23)27-11-9-15(12-27)13-28-16-6-4-3-5-7-16;/h3-7,14-15H,2,8-13H2,1H3,(H,24,25);1H. The van der Waals surface area contributed by atoms with Crippen molar-refractivity contribution in [2.24, 2.45) is 10.9 Å². The molecule has 2 heterocycles. The van der Waals surface area contributed by atoms with E-state index in [1.165, 1.54) is 4.90 Å². The van der Waals surface area contributed by atoms with Gasteiger partial charge in [0.05, 0.1) is 5.01 Å². The largest absolute Gasteiger partial charge is 0.434 e. The number of benzene rings is 1. The first-order chi connectivity index (χ1) is 14.0. The van der Waals surface area contributed by atoms with Crippen LogP contribution in [0, 0.1) is 5.92 Å². The van der Waals surface area contributed by atoms with Gasteiger partial charge in [-0.3, -0.25) is 4.99 Å². The highest BCUT2D eigenvalue weighted by molar-refractivity contribution is 14.0. The highest BCUT2D eigenvalue weighted by atomic mass is 127. The molecule has 1 aromatic heterocycles. The molecule has 1 unspecified atom stereocenters. The van der Waals surface area contributed by atoms with Gasteiger partial charge in [-0.15, -0.1) is 47.1 Å². The molecule has 0 radical (unpaired) electrons. The fourth-order valence-corrected chi connectivity index (χ4v) is 4.98. The number of thioether (sulfide) groups is 1. The smallest absolute Gasteiger partial charge is 0.357 e. The summed E-state index contributed by atoms with van der Waals surface area (Å²) in [5, 5.41) is 4.84. The molecule has 166 valence electrons. The molecule has 0 bridgehead atoms. The van der Waals surface area contributed by atoms with E-state index in [0.717, 1.165) is 54.5 Å². The fourth-order valence-electron chi connectivity index (χ4n) is 3.13. The number of hydrogen-bond donors (Lipinski definition) is 1. The van der Waals surface area contributed by atoms with Crippen molar-refractivity contribution in [3.63, 3.8) is 0 Å². The second kappa shape index (κ2) is 12.1. The van der Waals surface area contributed by atoms with Gasteiger partial charge in [-0.1, -0.05) is 18.2 Å². The van der Waals surface area contributed by atoms with E-state index < -0.39 is 11.9 Å². The normalized spacial score (nSPS) is 17.1. The summed E-state index contributed by atoms with van der Waals surface area (Å²) in [7, 11) is 0. The molecule has 1 fully saturated rings. The highest BCUT2D eigenvalue weighted by Crippen LogP contribution is 2.30. The molecule has 1 aliphatic rings. The van der Waals surface area contributed by atoms with Crippen molar-refractivity contribution >= 4 is 53.0 Å². The minimum atomic E-state index is -4.38. The summed E-state index contributed by atoms with van der Waals surface area (Å²) in [6, 6.07) is 10.4. The van der Waals surface area contributed by atoms with E-state index in [1.807, 2.05) is 24.8 Å². The summed E-state index contributed by atoms with van der Waals surface area (Å²) >= 11 is 2.92. The van der Waals surface area contributed by atoms with Crippen molar-refractivity contribution in [1.82, 2.24) is 15.2 Å². The molecule has 30 heavy (non-hydrogen) atoms. The second-order valence-corrected chi connectivity index (χ2v) is 8.87. The first kappa shape index (κ1) is 25.3. The van der Waals surface area contributed by atoms with Gasteiger partial charge in [0.15, 0.2) is 11.7 Å². The van der Waals surface area contributed by atoms with Crippen molar-refractivity contribution in [2.45, 2.75) is 30.8 Å². The van der Waals surface area contributed by atoms with Gasteiger partial charge in [-0.25, -0.2) is 4.98 Å². The van der Waals surface area contributed by atoms with Crippen molar-refractivity contribution in [1.29, 1.82) is 0 Å². The third kappa shape index (κ3) is 7.60. The molecular weight excluding hydrogens is 544 g/mol. The van der Waals surface area contributed by atoms with E-state index in [4.69, 9.17) is 0 Å². The number of guanidine groups is 1. The Morgan fingerprint density at radius 1 is 1.33 bits per heavy atom. The average Bonchev–Trinajstić information content (AvgIpc) is 3.36. The number of alkyl halides is 3. The van der Waals surface area contributed by atoms with Gasteiger partial charge in [-0.05, 0) is 31.4 Å². The minimum Gasteiger partial charge on any atom is -0.357 e. The number of hydrogen-bond acceptors (Lipinski definition) is 4. The van der Waals surface area contributed by atoms with E-state index in [-0.39, 0.29) is 24.0 Å². The van der Waals surface area contributed by atoms with Crippen LogP contribution >= 0.6 is 47.1 Å². The van der Waals surface area contributed by atoms with Gasteiger partial charge in [-0.2, -0.15) is 13.2 Å². The lowest BCUT2D eigenvalue weighted by molar-refractivity contribution is -0.140. The van der Waals surface area contributed by atoms with Crippen LogP contribution in [0.1, 0.15) is 24.0 Å². The van der Waals surface area contributed by atoms with E-state index in [1.54, 1.807) is 0 Å². The summed E-state index contributed by atoms with van der Waals surface area (Å²) in [5.74, 6) is 2.50. The zero-order valence-electron chi connectivity index (χ0n) is 16.7. The van der Waals surface area contributed by atoms with Gasteiger partial charge in [0.2, 0.25) is 0 Å². The van der Waals surface area contributed by atoms with Crippen molar-refractivity contribution in [2.75, 3.05) is 31.9 Å². The number of aliphatic imine (C=N–C) groups is 1. The number of likely N-dealkylation sites (tertiary alicyclic amines) is 1. The Hall–Kier alpha value is -1.01. The van der Waals surface area contributed by atoms with Crippen LogP contribution < -0.4 is 5.32 Å². The predicted molar refractivity (Wildman–Crippen MR) is 129 cm³/mol. The topological polar surface area (TPSA) is 40.5 Å². The Kier molecular flexibility index (Phi) is 10.2. The number of aromatic nitrogens is 1. The average molecular weight is 570 g/mol. The van der Waals surface area contributed by atoms with Gasteiger partial charge in [0, 0.05) is 48.6 Å². The van der Waals surface area contributed by atoms with Gasteiger partial charge in [0.25, 0.3) is 0 Å². The molecule has 0 aliphatic carbocycles. The first-order valence-electron chi connectivity index (χ1n) is 9.68. The minimum absolute atomic E-state index is 0. The van der Waals surface area contributed by atoms with Crippen LogP contribution in [0.2, 0.25) is 0 Å². The summed E-state index contributed by atoms with van der Waals surface area (Å²) in [4.78, 5) is 11.8. The van der Waals surface area contributed by atoms with Gasteiger partial charge in [0.1, 0.15) is 0 Å². The Labute approximate surface area is 200 Å². The lowest BCUT2D eigenvalue weighted by Crippen LogP contribution is -2.40. The quantitative estimate of drug-likeness (QED) is 0.210. The zero-order chi connectivity index (χ0) is 20.7. The van der Waals surface area contributed by atoms with Crippen molar-refractivity contribution in [3.8, 4) is 0 Å². The Morgan fingerprint density at radius 3 is 2.77 bits per heavy atom. The Bertz CT molecular complexity index is 799. The number of halogens is 4. The van der Waals surface area contributed by atoms with Crippen LogP contribution in [-0.2, 0) is 12.6 Å². The third-order valence-electron chi connectivity index (χ3n) is 4.58. The molecule has 1 saturated heterocycles. The molecule has 0 amide bonds. The summed E-state index contributed by atoms with van der Waals surface area (Å²) in [6.07, 6.45) is -2.85. The second-order valence-electron chi connectivity index (χ2n) is 6.83. The third-order valence-corrected chi connectivity index (χ3v) is 6.73. The van der Waals surface area contributed by atoms with Crippen LogP contribution in [0.5, 0.6) is 0 Å². The molecule has 2 aromatic rings. The van der Waals surface area contributed by atoms with E-state index in [0.29, 0.717) is 23.9 Å². The molecule has 4 nitrogen and oxygen atoms in total. The van der Waals surface area contributed by atoms with E-state index in [2.05, 4.69) is 44.5 Å². The molecule has 3 rings (SSSR count). The maximum Gasteiger partial charge on any atom is 0.434 e. The molecule has 1 atom stereocenters. The van der Waals surface area contributed by atoms with Gasteiger partial charge >= 0.3 is 6.18 Å². The zero-order valence-corrected chi connectivity index (χ0v) is 20.7. The number of nitrogens with zero attached hydrogens (tertiary/aromatic N) is 3. The predicted octanol–water partition coefficient (Wildman–Crippen LogP) is 5.40. The number of rotatable bonds is 7. The van der Waals surface area contributed by atoms with Crippen LogP contribution in [0.25, 0.3) is 0 Å². The SMILES string of the molecule is CCNC(=NCCc1nc(C(F)(F)F)cs1)N1CCC(CSc2ccccc2)C1.I. The summed E-state index contributed by atoms with van der Waals surface area (Å²) in [6.45, 7) is 5.09. The van der Waals surface area contributed by atoms with Crippen molar-refractivity contribution in [3.05, 3.63) is 46.4 Å². The molecule has 0 spiro atoms. The van der Waals surface area contributed by atoms with E-state index in [9.17, 15) is 13.2 Å². The highest BCUT2D eigenvalue weighted by Gasteiger charge is 2.33. The maximum atomic E-state index is 12.7. The number of thiazole rings is 1. The Morgan fingerprint density at radius 2 is 2.10 bits per heavy atom. The van der Waals surface area contributed by atoms with Crippen LogP contribution in [-0.4, -0.2) is 47.8 Å². The fraction of sp³-hybridized carbons (Fsp3) is 0.500. The lowest BCUT2D eigenvalue weighted by Gasteiger charge is -2.21. The summed E-state index contributed by atoms with van der Waals surface area (Å²) < 4.78 is 38.0.